The van der Waals surface area contributed by atoms with E-state index in [4.69, 9.17) is 11.6 Å². The zero-order valence-corrected chi connectivity index (χ0v) is 16.8. The van der Waals surface area contributed by atoms with Crippen LogP contribution in [-0.2, 0) is 0 Å². The molecule has 3 rings (SSSR count). The summed E-state index contributed by atoms with van der Waals surface area (Å²) in [6.07, 6.45) is 0.882. The van der Waals surface area contributed by atoms with E-state index < -0.39 is 0 Å². The van der Waals surface area contributed by atoms with Gasteiger partial charge in [-0.25, -0.2) is 9.18 Å². The predicted molar refractivity (Wildman–Crippen MR) is 113 cm³/mol. The molecule has 0 aromatic heterocycles. The number of carbonyl (C=O) groups excluding carboxylic acids is 1. The van der Waals surface area contributed by atoms with E-state index in [9.17, 15) is 9.18 Å². The second-order valence-corrected chi connectivity index (χ2v) is 7.44. The maximum Gasteiger partial charge on any atom is 0.319 e. The van der Waals surface area contributed by atoms with E-state index in [-0.39, 0.29) is 11.8 Å². The zero-order chi connectivity index (χ0) is 19.9. The van der Waals surface area contributed by atoms with Crippen molar-refractivity contribution in [1.29, 1.82) is 0 Å². The van der Waals surface area contributed by atoms with Gasteiger partial charge >= 0.3 is 6.03 Å². The predicted octanol–water partition coefficient (Wildman–Crippen LogP) is 4.12. The number of aryl methyl sites for hydroxylation is 1. The van der Waals surface area contributed by atoms with Gasteiger partial charge in [-0.15, -0.1) is 0 Å². The first-order valence-electron chi connectivity index (χ1n) is 9.55. The lowest BCUT2D eigenvalue weighted by Crippen LogP contribution is -2.47. The number of nitrogens with one attached hydrogen (secondary N) is 2. The Bertz CT molecular complexity index is 791. The Morgan fingerprint density at radius 2 is 1.82 bits per heavy atom. The molecule has 0 spiro atoms. The average molecular weight is 405 g/mol. The molecule has 0 atom stereocenters. The highest BCUT2D eigenvalue weighted by Gasteiger charge is 2.18. The lowest BCUT2D eigenvalue weighted by atomic mass is 10.1. The standard InChI is InChI=1S/C21H26ClFN4O/c1-16-3-4-17(22)15-20(16)27-13-11-26(12-14-27)10-2-9-24-21(28)25-19-7-5-18(23)6-8-19/h3-8,15H,2,9-14H2,1H3,(H2,24,25,28). The van der Waals surface area contributed by atoms with E-state index >= 15 is 0 Å². The Kier molecular flexibility index (Phi) is 7.12. The van der Waals surface area contributed by atoms with E-state index in [1.165, 1.54) is 35.5 Å². The van der Waals surface area contributed by atoms with Crippen molar-refractivity contribution in [3.05, 3.63) is 58.9 Å². The van der Waals surface area contributed by atoms with Crippen molar-refractivity contribution in [3.63, 3.8) is 0 Å². The van der Waals surface area contributed by atoms with Crippen molar-refractivity contribution >= 4 is 29.0 Å². The number of anilines is 2. The zero-order valence-electron chi connectivity index (χ0n) is 16.0. The molecule has 2 aromatic rings. The molecule has 1 fully saturated rings. The van der Waals surface area contributed by atoms with Gasteiger partial charge in [0, 0.05) is 49.1 Å². The summed E-state index contributed by atoms with van der Waals surface area (Å²) >= 11 is 6.14. The number of amides is 2. The van der Waals surface area contributed by atoms with Gasteiger partial charge in [-0.2, -0.15) is 0 Å². The van der Waals surface area contributed by atoms with Gasteiger partial charge in [-0.3, -0.25) is 4.90 Å². The first-order chi connectivity index (χ1) is 13.5. The van der Waals surface area contributed by atoms with Crippen molar-refractivity contribution in [2.24, 2.45) is 0 Å². The molecule has 5 nitrogen and oxygen atoms in total. The van der Waals surface area contributed by atoms with Crippen LogP contribution in [0.1, 0.15) is 12.0 Å². The third-order valence-electron chi connectivity index (χ3n) is 4.92. The summed E-state index contributed by atoms with van der Waals surface area (Å²) in [6.45, 7) is 7.58. The van der Waals surface area contributed by atoms with E-state index in [0.29, 0.717) is 12.2 Å². The van der Waals surface area contributed by atoms with E-state index in [0.717, 1.165) is 44.2 Å². The maximum atomic E-state index is 12.9. The van der Waals surface area contributed by atoms with Gasteiger partial charge in [-0.1, -0.05) is 17.7 Å². The highest BCUT2D eigenvalue weighted by atomic mass is 35.5. The lowest BCUT2D eigenvalue weighted by Gasteiger charge is -2.37. The van der Waals surface area contributed by atoms with Crippen LogP contribution in [0.2, 0.25) is 5.02 Å². The Hall–Kier alpha value is -2.31. The van der Waals surface area contributed by atoms with Crippen molar-refractivity contribution < 1.29 is 9.18 Å². The van der Waals surface area contributed by atoms with Gasteiger partial charge in [0.2, 0.25) is 0 Å². The van der Waals surface area contributed by atoms with Gasteiger partial charge in [0.15, 0.2) is 0 Å². The molecule has 0 saturated carbocycles. The van der Waals surface area contributed by atoms with E-state index in [2.05, 4.69) is 33.4 Å². The number of hydrogen-bond acceptors (Lipinski definition) is 3. The maximum absolute atomic E-state index is 12.9. The van der Waals surface area contributed by atoms with Crippen LogP contribution in [0.3, 0.4) is 0 Å². The van der Waals surface area contributed by atoms with Gasteiger partial charge in [0.1, 0.15) is 5.82 Å². The van der Waals surface area contributed by atoms with Crippen LogP contribution in [0.15, 0.2) is 42.5 Å². The van der Waals surface area contributed by atoms with Crippen LogP contribution in [0.25, 0.3) is 0 Å². The molecule has 0 unspecified atom stereocenters. The minimum atomic E-state index is -0.323. The number of carbonyl (C=O) groups is 1. The number of piperazine rings is 1. The highest BCUT2D eigenvalue weighted by Crippen LogP contribution is 2.25. The number of hydrogen-bond donors (Lipinski definition) is 2. The third kappa shape index (κ3) is 5.84. The smallest absolute Gasteiger partial charge is 0.319 e. The number of rotatable bonds is 6. The van der Waals surface area contributed by atoms with Crippen LogP contribution in [-0.4, -0.2) is 50.2 Å². The second kappa shape index (κ2) is 9.75. The molecule has 0 bridgehead atoms. The van der Waals surface area contributed by atoms with Gasteiger partial charge < -0.3 is 15.5 Å². The van der Waals surface area contributed by atoms with Crippen molar-refractivity contribution in [2.75, 3.05) is 49.5 Å². The van der Waals surface area contributed by atoms with Crippen LogP contribution < -0.4 is 15.5 Å². The van der Waals surface area contributed by atoms with E-state index in [1.54, 1.807) is 0 Å². The molecule has 2 N–H and O–H groups in total. The number of halogens is 2. The normalized spacial score (nSPS) is 14.8. The van der Waals surface area contributed by atoms with Crippen molar-refractivity contribution in [3.8, 4) is 0 Å². The molecule has 1 aliphatic heterocycles. The minimum Gasteiger partial charge on any atom is -0.369 e. The summed E-state index contributed by atoms with van der Waals surface area (Å²) in [5.74, 6) is -0.323. The topological polar surface area (TPSA) is 47.6 Å². The molecule has 7 heteroatoms. The van der Waals surface area contributed by atoms with Crippen molar-refractivity contribution in [1.82, 2.24) is 10.2 Å². The largest absolute Gasteiger partial charge is 0.369 e. The van der Waals surface area contributed by atoms with Crippen LogP contribution in [0, 0.1) is 12.7 Å². The number of nitrogens with zero attached hydrogens (tertiary/aromatic N) is 2. The molecule has 2 aromatic carbocycles. The first kappa shape index (κ1) is 20.4. The minimum absolute atomic E-state index is 0.271. The molecule has 28 heavy (non-hydrogen) atoms. The third-order valence-corrected chi connectivity index (χ3v) is 5.16. The van der Waals surface area contributed by atoms with Crippen LogP contribution in [0.5, 0.6) is 0 Å². The molecular weight excluding hydrogens is 379 g/mol. The fourth-order valence-corrected chi connectivity index (χ4v) is 3.52. The van der Waals surface area contributed by atoms with Crippen LogP contribution >= 0.6 is 11.6 Å². The number of benzene rings is 2. The van der Waals surface area contributed by atoms with Crippen molar-refractivity contribution in [2.45, 2.75) is 13.3 Å². The fraction of sp³-hybridized carbons (Fsp3) is 0.381. The van der Waals surface area contributed by atoms with Gasteiger partial charge in [0.05, 0.1) is 0 Å². The summed E-state index contributed by atoms with van der Waals surface area (Å²) in [5, 5.41) is 6.30. The first-order valence-corrected chi connectivity index (χ1v) is 9.93. The SMILES string of the molecule is Cc1ccc(Cl)cc1N1CCN(CCCNC(=O)Nc2ccc(F)cc2)CC1. The summed E-state index contributed by atoms with van der Waals surface area (Å²) < 4.78 is 12.9. The summed E-state index contributed by atoms with van der Waals surface area (Å²) in [4.78, 5) is 16.7. The molecule has 150 valence electrons. The quantitative estimate of drug-likeness (QED) is 0.712. The van der Waals surface area contributed by atoms with Gasteiger partial charge in [-0.05, 0) is 61.9 Å². The average Bonchev–Trinajstić information content (AvgIpc) is 2.69. The Morgan fingerprint density at radius 3 is 2.54 bits per heavy atom. The molecule has 1 aliphatic rings. The molecular formula is C21H26ClFN4O. The molecule has 1 heterocycles. The Morgan fingerprint density at radius 1 is 1.11 bits per heavy atom. The van der Waals surface area contributed by atoms with Crippen LogP contribution in [0.4, 0.5) is 20.6 Å². The Balaban J connectivity index is 1.34. The van der Waals surface area contributed by atoms with E-state index in [1.807, 2.05) is 12.1 Å². The summed E-state index contributed by atoms with van der Waals surface area (Å²) in [5.41, 5.74) is 3.03. The fourth-order valence-electron chi connectivity index (χ4n) is 3.35. The second-order valence-electron chi connectivity index (χ2n) is 7.00. The molecule has 1 saturated heterocycles. The number of urea groups is 1. The summed E-state index contributed by atoms with van der Waals surface area (Å²) in [7, 11) is 0. The highest BCUT2D eigenvalue weighted by molar-refractivity contribution is 6.30. The Labute approximate surface area is 170 Å². The summed E-state index contributed by atoms with van der Waals surface area (Å²) in [6, 6.07) is 11.5. The molecule has 2 amide bonds. The lowest BCUT2D eigenvalue weighted by molar-refractivity contribution is 0.244. The molecule has 0 aliphatic carbocycles. The van der Waals surface area contributed by atoms with Gasteiger partial charge in [0.25, 0.3) is 0 Å². The monoisotopic (exact) mass is 404 g/mol. The molecule has 0 radical (unpaired) electrons.